The summed E-state index contributed by atoms with van der Waals surface area (Å²) in [6, 6.07) is 10.6. The van der Waals surface area contributed by atoms with Crippen LogP contribution in [0.2, 0.25) is 0 Å². The molecule has 0 spiro atoms. The molecule has 0 saturated heterocycles. The third-order valence-electron chi connectivity index (χ3n) is 4.19. The fourth-order valence-electron chi connectivity index (χ4n) is 2.43. The standard InChI is InChI=1S/C19H24N2O3S2/c1-13-10-17(26(23,24)21(3)4)11-18(14(13)2)20-19(22)16-8-6-15(7-9-16)12-25-5/h6-11H,12H2,1-5H3,(H,20,22). The van der Waals surface area contributed by atoms with E-state index in [1.807, 2.05) is 32.2 Å². The van der Waals surface area contributed by atoms with Gasteiger partial charge in [0.05, 0.1) is 4.90 Å². The van der Waals surface area contributed by atoms with Crippen molar-refractivity contribution >= 4 is 33.4 Å². The van der Waals surface area contributed by atoms with Crippen molar-refractivity contribution in [2.75, 3.05) is 25.7 Å². The highest BCUT2D eigenvalue weighted by molar-refractivity contribution is 7.97. The van der Waals surface area contributed by atoms with Crippen molar-refractivity contribution in [2.45, 2.75) is 24.5 Å². The van der Waals surface area contributed by atoms with Crippen LogP contribution in [0.4, 0.5) is 5.69 Å². The van der Waals surface area contributed by atoms with Gasteiger partial charge in [-0.2, -0.15) is 11.8 Å². The molecule has 0 atom stereocenters. The van der Waals surface area contributed by atoms with Gasteiger partial charge in [0.15, 0.2) is 0 Å². The van der Waals surface area contributed by atoms with Gasteiger partial charge in [0.1, 0.15) is 0 Å². The van der Waals surface area contributed by atoms with Gasteiger partial charge in [0.2, 0.25) is 10.0 Å². The zero-order valence-electron chi connectivity index (χ0n) is 15.7. The van der Waals surface area contributed by atoms with Gasteiger partial charge in [-0.25, -0.2) is 12.7 Å². The third-order valence-corrected chi connectivity index (χ3v) is 6.61. The van der Waals surface area contributed by atoms with E-state index in [9.17, 15) is 13.2 Å². The normalized spacial score (nSPS) is 11.6. The summed E-state index contributed by atoms with van der Waals surface area (Å²) in [4.78, 5) is 12.7. The first kappa shape index (κ1) is 20.5. The zero-order valence-corrected chi connectivity index (χ0v) is 17.3. The van der Waals surface area contributed by atoms with E-state index in [2.05, 4.69) is 5.32 Å². The van der Waals surface area contributed by atoms with Crippen molar-refractivity contribution in [1.82, 2.24) is 4.31 Å². The Morgan fingerprint density at radius 2 is 1.73 bits per heavy atom. The molecule has 0 aliphatic rings. The Balaban J connectivity index is 2.33. The molecule has 2 rings (SSSR count). The molecule has 1 amide bonds. The Labute approximate surface area is 159 Å². The van der Waals surface area contributed by atoms with E-state index in [1.54, 1.807) is 30.0 Å². The number of nitrogens with one attached hydrogen (secondary N) is 1. The molecule has 0 heterocycles. The minimum absolute atomic E-state index is 0.163. The molecule has 2 aromatic carbocycles. The fraction of sp³-hybridized carbons (Fsp3) is 0.316. The van der Waals surface area contributed by atoms with E-state index in [0.29, 0.717) is 11.3 Å². The van der Waals surface area contributed by atoms with Crippen LogP contribution in [0.3, 0.4) is 0 Å². The van der Waals surface area contributed by atoms with Crippen molar-refractivity contribution < 1.29 is 13.2 Å². The van der Waals surface area contributed by atoms with E-state index in [1.165, 1.54) is 20.2 Å². The number of amides is 1. The number of hydrogen-bond acceptors (Lipinski definition) is 4. The van der Waals surface area contributed by atoms with Crippen LogP contribution in [0.5, 0.6) is 0 Å². The molecule has 2 aromatic rings. The molecule has 5 nitrogen and oxygen atoms in total. The van der Waals surface area contributed by atoms with Crippen molar-refractivity contribution in [1.29, 1.82) is 0 Å². The summed E-state index contributed by atoms with van der Waals surface area (Å²) >= 11 is 1.72. The Hall–Kier alpha value is -1.83. The molecule has 0 radical (unpaired) electrons. The number of anilines is 1. The number of hydrogen-bond donors (Lipinski definition) is 1. The van der Waals surface area contributed by atoms with E-state index < -0.39 is 10.0 Å². The van der Waals surface area contributed by atoms with Crippen LogP contribution in [0.1, 0.15) is 27.0 Å². The van der Waals surface area contributed by atoms with Gasteiger partial charge in [0, 0.05) is 31.1 Å². The predicted octanol–water partition coefficient (Wildman–Crippen LogP) is 3.67. The molecule has 1 N–H and O–H groups in total. The largest absolute Gasteiger partial charge is 0.322 e. The number of sulfonamides is 1. The van der Waals surface area contributed by atoms with Gasteiger partial charge < -0.3 is 5.32 Å². The Kier molecular flexibility index (Phi) is 6.49. The molecule has 0 fully saturated rings. The number of nitrogens with zero attached hydrogens (tertiary/aromatic N) is 1. The summed E-state index contributed by atoms with van der Waals surface area (Å²) < 4.78 is 26.0. The highest BCUT2D eigenvalue weighted by Gasteiger charge is 2.20. The molecule has 0 unspecified atom stereocenters. The molecule has 26 heavy (non-hydrogen) atoms. The number of thioether (sulfide) groups is 1. The van der Waals surface area contributed by atoms with Crippen LogP contribution in [-0.2, 0) is 15.8 Å². The lowest BCUT2D eigenvalue weighted by Gasteiger charge is -2.16. The van der Waals surface area contributed by atoms with Crippen LogP contribution >= 0.6 is 11.8 Å². The van der Waals surface area contributed by atoms with Gasteiger partial charge in [-0.15, -0.1) is 0 Å². The molecule has 0 aromatic heterocycles. The van der Waals surface area contributed by atoms with Crippen molar-refractivity contribution in [2.24, 2.45) is 0 Å². The first-order valence-corrected chi connectivity index (χ1v) is 10.9. The maximum atomic E-state index is 12.6. The van der Waals surface area contributed by atoms with Gasteiger partial charge in [-0.1, -0.05) is 12.1 Å². The lowest BCUT2D eigenvalue weighted by atomic mass is 10.1. The second-order valence-electron chi connectivity index (χ2n) is 6.28. The van der Waals surface area contributed by atoms with Crippen LogP contribution in [0.15, 0.2) is 41.3 Å². The Morgan fingerprint density at radius 1 is 1.12 bits per heavy atom. The van der Waals surface area contributed by atoms with Gasteiger partial charge in [-0.3, -0.25) is 4.79 Å². The number of carbonyl (C=O) groups excluding carboxylic acids is 1. The maximum Gasteiger partial charge on any atom is 0.255 e. The first-order valence-electron chi connectivity index (χ1n) is 8.10. The molecule has 140 valence electrons. The van der Waals surface area contributed by atoms with Crippen LogP contribution in [0, 0.1) is 13.8 Å². The monoisotopic (exact) mass is 392 g/mol. The minimum atomic E-state index is -3.57. The third kappa shape index (κ3) is 4.47. The summed E-state index contributed by atoms with van der Waals surface area (Å²) in [5, 5.41) is 2.84. The molecule has 0 aliphatic heterocycles. The van der Waals surface area contributed by atoms with Crippen molar-refractivity contribution in [3.63, 3.8) is 0 Å². The Morgan fingerprint density at radius 3 is 2.27 bits per heavy atom. The summed E-state index contributed by atoms with van der Waals surface area (Å²) in [6.45, 7) is 3.69. The van der Waals surface area contributed by atoms with Crippen LogP contribution in [0.25, 0.3) is 0 Å². The Bertz CT molecular complexity index is 905. The topological polar surface area (TPSA) is 66.5 Å². The van der Waals surface area contributed by atoms with Crippen LogP contribution < -0.4 is 5.32 Å². The summed E-state index contributed by atoms with van der Waals surface area (Å²) in [6.07, 6.45) is 2.03. The van der Waals surface area contributed by atoms with E-state index in [4.69, 9.17) is 0 Å². The average molecular weight is 393 g/mol. The SMILES string of the molecule is CSCc1ccc(C(=O)Nc2cc(S(=O)(=O)N(C)C)cc(C)c2C)cc1. The van der Waals surface area contributed by atoms with Crippen LogP contribution in [-0.4, -0.2) is 39.0 Å². The molecule has 7 heteroatoms. The van der Waals surface area contributed by atoms with E-state index in [-0.39, 0.29) is 10.8 Å². The van der Waals surface area contributed by atoms with E-state index >= 15 is 0 Å². The van der Waals surface area contributed by atoms with Crippen molar-refractivity contribution in [3.8, 4) is 0 Å². The number of benzene rings is 2. The molecule has 0 bridgehead atoms. The fourth-order valence-corrected chi connectivity index (χ4v) is 3.97. The average Bonchev–Trinajstić information content (AvgIpc) is 2.59. The van der Waals surface area contributed by atoms with Gasteiger partial charge >= 0.3 is 0 Å². The highest BCUT2D eigenvalue weighted by Crippen LogP contribution is 2.26. The van der Waals surface area contributed by atoms with E-state index in [0.717, 1.165) is 26.7 Å². The first-order chi connectivity index (χ1) is 12.2. The minimum Gasteiger partial charge on any atom is -0.322 e. The zero-order chi connectivity index (χ0) is 19.5. The van der Waals surface area contributed by atoms with Gasteiger partial charge in [0.25, 0.3) is 5.91 Å². The lowest BCUT2D eigenvalue weighted by Crippen LogP contribution is -2.23. The predicted molar refractivity (Wildman–Crippen MR) is 108 cm³/mol. The molecule has 0 aliphatic carbocycles. The number of carbonyl (C=O) groups is 1. The number of rotatable bonds is 6. The molecular formula is C19H24N2O3S2. The number of aryl methyl sites for hydroxylation is 1. The highest BCUT2D eigenvalue weighted by atomic mass is 32.2. The van der Waals surface area contributed by atoms with Crippen molar-refractivity contribution in [3.05, 3.63) is 58.7 Å². The lowest BCUT2D eigenvalue weighted by molar-refractivity contribution is 0.102. The smallest absolute Gasteiger partial charge is 0.255 e. The maximum absolute atomic E-state index is 12.6. The second-order valence-corrected chi connectivity index (χ2v) is 9.30. The summed E-state index contributed by atoms with van der Waals surface area (Å²) in [5.74, 6) is 0.632. The quantitative estimate of drug-likeness (QED) is 0.815. The second kappa shape index (κ2) is 8.24. The molecule has 0 saturated carbocycles. The van der Waals surface area contributed by atoms with Gasteiger partial charge in [-0.05, 0) is 61.1 Å². The molecular weight excluding hydrogens is 368 g/mol. The summed E-state index contributed by atoms with van der Waals surface area (Å²) in [7, 11) is -0.601. The summed E-state index contributed by atoms with van der Waals surface area (Å²) in [5.41, 5.74) is 3.84.